The summed E-state index contributed by atoms with van der Waals surface area (Å²) in [4.78, 5) is 38.0. The predicted octanol–water partition coefficient (Wildman–Crippen LogP) is 20.2. The summed E-state index contributed by atoms with van der Waals surface area (Å²) in [6.07, 6.45) is 75.0. The van der Waals surface area contributed by atoms with E-state index in [2.05, 4.69) is 93.7 Å². The van der Waals surface area contributed by atoms with Gasteiger partial charge in [-0.1, -0.05) is 261 Å². The maximum atomic E-state index is 12.8. The van der Waals surface area contributed by atoms with Gasteiger partial charge in [-0.15, -0.1) is 0 Å². The predicted molar refractivity (Wildman–Crippen MR) is 302 cm³/mol. The van der Waals surface area contributed by atoms with E-state index in [0.29, 0.717) is 19.3 Å². The maximum absolute atomic E-state index is 12.8. The maximum Gasteiger partial charge on any atom is 0.306 e. The molecule has 0 amide bonds. The van der Waals surface area contributed by atoms with E-state index in [1.807, 2.05) is 0 Å². The van der Waals surface area contributed by atoms with Gasteiger partial charge in [0, 0.05) is 19.3 Å². The fourth-order valence-corrected chi connectivity index (χ4v) is 8.47. The molecule has 0 aliphatic carbocycles. The van der Waals surface area contributed by atoms with Gasteiger partial charge in [0.1, 0.15) is 13.2 Å². The van der Waals surface area contributed by atoms with Crippen molar-refractivity contribution in [2.45, 2.75) is 303 Å². The summed E-state index contributed by atoms with van der Waals surface area (Å²) in [5.41, 5.74) is 0. The van der Waals surface area contributed by atoms with Gasteiger partial charge in [0.25, 0.3) is 0 Å². The Morgan fingerprint density at radius 1 is 0.300 bits per heavy atom. The van der Waals surface area contributed by atoms with E-state index < -0.39 is 6.10 Å². The van der Waals surface area contributed by atoms with E-state index in [-0.39, 0.29) is 31.1 Å². The molecule has 6 heteroatoms. The number of ether oxygens (including phenoxy) is 3. The number of carbonyl (C=O) groups is 3. The monoisotopic (exact) mass is 977 g/mol. The van der Waals surface area contributed by atoms with Crippen molar-refractivity contribution in [3.8, 4) is 0 Å². The van der Waals surface area contributed by atoms with Crippen molar-refractivity contribution in [2.75, 3.05) is 13.2 Å². The molecule has 6 nitrogen and oxygen atoms in total. The van der Waals surface area contributed by atoms with E-state index >= 15 is 0 Å². The first-order valence-electron chi connectivity index (χ1n) is 29.9. The van der Waals surface area contributed by atoms with Gasteiger partial charge in [-0.3, -0.25) is 14.4 Å². The Bertz CT molecular complexity index is 1310. The summed E-state index contributed by atoms with van der Waals surface area (Å²) >= 11 is 0. The van der Waals surface area contributed by atoms with Crippen LogP contribution in [0, 0.1) is 0 Å². The number of hydrogen-bond acceptors (Lipinski definition) is 6. The van der Waals surface area contributed by atoms with Crippen LogP contribution < -0.4 is 0 Å². The lowest BCUT2D eigenvalue weighted by molar-refractivity contribution is -0.167. The van der Waals surface area contributed by atoms with E-state index in [1.54, 1.807) is 0 Å². The summed E-state index contributed by atoms with van der Waals surface area (Å²) < 4.78 is 16.8. The number of hydrogen-bond donors (Lipinski definition) is 0. The first-order chi connectivity index (χ1) is 34.5. The number of carbonyl (C=O) groups excluding carboxylic acids is 3. The highest BCUT2D eigenvalue weighted by molar-refractivity contribution is 5.71. The molecule has 0 N–H and O–H groups in total. The zero-order chi connectivity index (χ0) is 50.7. The van der Waals surface area contributed by atoms with Crippen LogP contribution in [0.2, 0.25) is 0 Å². The van der Waals surface area contributed by atoms with Crippen LogP contribution in [-0.2, 0) is 28.6 Å². The molecule has 0 bridgehead atoms. The van der Waals surface area contributed by atoms with Crippen molar-refractivity contribution < 1.29 is 28.6 Å². The van der Waals surface area contributed by atoms with Gasteiger partial charge in [0.15, 0.2) is 6.10 Å². The SMILES string of the molecule is CC/C=C\C/C=C\C/C=C\CCCCCCCC(=O)OC(COC(=O)CCCCCCCCCC)COC(=O)CCCCCCCCCCCCCCCC/C=C\C/C=C\C/C=C\CCCCCCC. The van der Waals surface area contributed by atoms with Crippen molar-refractivity contribution in [1.29, 1.82) is 0 Å². The summed E-state index contributed by atoms with van der Waals surface area (Å²) in [6.45, 7) is 6.49. The molecule has 404 valence electrons. The van der Waals surface area contributed by atoms with Gasteiger partial charge in [0.2, 0.25) is 0 Å². The minimum atomic E-state index is -0.781. The van der Waals surface area contributed by atoms with Gasteiger partial charge in [-0.05, 0) is 89.9 Å². The Morgan fingerprint density at radius 2 is 0.557 bits per heavy atom. The van der Waals surface area contributed by atoms with Crippen molar-refractivity contribution in [1.82, 2.24) is 0 Å². The molecule has 0 rings (SSSR count). The van der Waals surface area contributed by atoms with Gasteiger partial charge in [0.05, 0.1) is 0 Å². The highest BCUT2D eigenvalue weighted by Crippen LogP contribution is 2.16. The second kappa shape index (κ2) is 58.4. The number of esters is 3. The summed E-state index contributed by atoms with van der Waals surface area (Å²) in [5, 5.41) is 0. The molecule has 0 aromatic heterocycles. The topological polar surface area (TPSA) is 78.9 Å². The second-order valence-electron chi connectivity index (χ2n) is 19.9. The molecule has 0 aliphatic heterocycles. The lowest BCUT2D eigenvalue weighted by atomic mass is 10.0. The number of allylic oxidation sites excluding steroid dienone is 12. The Labute approximate surface area is 433 Å². The quantitative estimate of drug-likeness (QED) is 0.0261. The molecule has 1 unspecified atom stereocenters. The van der Waals surface area contributed by atoms with Gasteiger partial charge >= 0.3 is 17.9 Å². The standard InChI is InChI=1S/C64H112O6/c1-4-7-10-13-16-19-21-23-25-26-27-28-29-30-31-32-33-34-35-36-37-38-40-41-43-45-48-51-54-57-63(66)69-60-61(59-68-62(65)56-53-50-47-18-15-12-9-6-3)70-64(67)58-55-52-49-46-44-42-39-24-22-20-17-14-11-8-5-2/h8,11,17,20-21,23-24,26-27,29-30,39,61H,4-7,9-10,12-16,18-19,22,25,28,31-38,40-60H2,1-3H3/b11-8-,20-17-,23-21-,27-26-,30-29-,39-24-. The second-order valence-corrected chi connectivity index (χ2v) is 19.9. The molecule has 0 heterocycles. The number of unbranched alkanes of at least 4 members (excludes halogenated alkanes) is 31. The molecule has 0 fully saturated rings. The number of rotatable bonds is 54. The normalized spacial score (nSPS) is 12.6. The van der Waals surface area contributed by atoms with Gasteiger partial charge in [-0.25, -0.2) is 0 Å². The fourth-order valence-electron chi connectivity index (χ4n) is 8.47. The van der Waals surface area contributed by atoms with Crippen LogP contribution in [0.3, 0.4) is 0 Å². The van der Waals surface area contributed by atoms with Crippen LogP contribution in [0.1, 0.15) is 297 Å². The lowest BCUT2D eigenvalue weighted by Crippen LogP contribution is -2.30. The average molecular weight is 978 g/mol. The highest BCUT2D eigenvalue weighted by Gasteiger charge is 2.19. The van der Waals surface area contributed by atoms with Crippen molar-refractivity contribution in [3.05, 3.63) is 72.9 Å². The molecule has 70 heavy (non-hydrogen) atoms. The van der Waals surface area contributed by atoms with Gasteiger partial charge in [-0.2, -0.15) is 0 Å². The third-order valence-corrected chi connectivity index (χ3v) is 12.9. The zero-order valence-electron chi connectivity index (χ0n) is 46.3. The van der Waals surface area contributed by atoms with Crippen LogP contribution in [-0.4, -0.2) is 37.2 Å². The molecule has 0 saturated heterocycles. The fraction of sp³-hybridized carbons (Fsp3) is 0.766. The molecular formula is C64H112O6. The molecule has 0 aromatic rings. The van der Waals surface area contributed by atoms with Crippen molar-refractivity contribution in [3.63, 3.8) is 0 Å². The smallest absolute Gasteiger partial charge is 0.306 e. The van der Waals surface area contributed by atoms with E-state index in [4.69, 9.17) is 14.2 Å². The van der Waals surface area contributed by atoms with E-state index in [9.17, 15) is 14.4 Å². The van der Waals surface area contributed by atoms with Crippen LogP contribution in [0.15, 0.2) is 72.9 Å². The first-order valence-corrected chi connectivity index (χ1v) is 29.9. The average Bonchev–Trinajstić information content (AvgIpc) is 3.36. The van der Waals surface area contributed by atoms with Crippen molar-refractivity contribution in [2.24, 2.45) is 0 Å². The highest BCUT2D eigenvalue weighted by atomic mass is 16.6. The molecule has 1 atom stereocenters. The van der Waals surface area contributed by atoms with Crippen LogP contribution >= 0.6 is 0 Å². The molecule has 0 aliphatic rings. The molecule has 0 aromatic carbocycles. The Kier molecular flexibility index (Phi) is 55.8. The van der Waals surface area contributed by atoms with Crippen LogP contribution in [0.25, 0.3) is 0 Å². The third-order valence-electron chi connectivity index (χ3n) is 12.9. The summed E-state index contributed by atoms with van der Waals surface area (Å²) in [5.74, 6) is -0.895. The van der Waals surface area contributed by atoms with Crippen LogP contribution in [0.5, 0.6) is 0 Å². The van der Waals surface area contributed by atoms with E-state index in [1.165, 1.54) is 148 Å². The molecule has 0 saturated carbocycles. The minimum Gasteiger partial charge on any atom is -0.462 e. The van der Waals surface area contributed by atoms with Gasteiger partial charge < -0.3 is 14.2 Å². The van der Waals surface area contributed by atoms with Crippen LogP contribution in [0.4, 0.5) is 0 Å². The Morgan fingerprint density at radius 3 is 0.871 bits per heavy atom. The zero-order valence-corrected chi connectivity index (χ0v) is 46.3. The summed E-state index contributed by atoms with van der Waals surface area (Å²) in [7, 11) is 0. The van der Waals surface area contributed by atoms with Crippen molar-refractivity contribution >= 4 is 17.9 Å². The minimum absolute atomic E-state index is 0.0804. The lowest BCUT2D eigenvalue weighted by Gasteiger charge is -2.18. The largest absolute Gasteiger partial charge is 0.462 e. The molecule has 0 radical (unpaired) electrons. The molecule has 0 spiro atoms. The Hall–Kier alpha value is -3.15. The third kappa shape index (κ3) is 55.8. The summed E-state index contributed by atoms with van der Waals surface area (Å²) in [6, 6.07) is 0. The first kappa shape index (κ1) is 66.9. The van der Waals surface area contributed by atoms with E-state index in [0.717, 1.165) is 109 Å². The molecular weight excluding hydrogens is 865 g/mol. The Balaban J connectivity index is 4.12.